The number of carbonyl (C=O) groups is 1. The SMILES string of the molecule is CCS(=O)(=O)c1ccc2c(c1)CCNC2C(=O)Nc1ccc(C(O)(C(F)(F)F)C(F)(F)F)cc1F. The molecule has 0 aromatic heterocycles. The molecule has 1 aliphatic heterocycles. The third kappa shape index (κ3) is 4.86. The number of halogens is 7. The highest BCUT2D eigenvalue weighted by Crippen LogP contribution is 2.50. The lowest BCUT2D eigenvalue weighted by molar-refractivity contribution is -0.376. The van der Waals surface area contributed by atoms with E-state index in [4.69, 9.17) is 0 Å². The molecule has 35 heavy (non-hydrogen) atoms. The molecule has 1 atom stereocenters. The molecule has 0 bridgehead atoms. The van der Waals surface area contributed by atoms with Crippen molar-refractivity contribution in [3.8, 4) is 0 Å². The average Bonchev–Trinajstić information content (AvgIpc) is 2.77. The highest BCUT2D eigenvalue weighted by atomic mass is 32.2. The second-order valence-corrected chi connectivity index (χ2v) is 10.1. The number of amides is 1. The lowest BCUT2D eigenvalue weighted by atomic mass is 9.91. The fourth-order valence-electron chi connectivity index (χ4n) is 3.67. The van der Waals surface area contributed by atoms with E-state index in [2.05, 4.69) is 10.6 Å². The van der Waals surface area contributed by atoms with Crippen LogP contribution in [0.3, 0.4) is 0 Å². The Bertz CT molecular complexity index is 1230. The number of fused-ring (bicyclic) bond motifs is 1. The van der Waals surface area contributed by atoms with E-state index >= 15 is 0 Å². The minimum atomic E-state index is -6.19. The van der Waals surface area contributed by atoms with Crippen molar-refractivity contribution >= 4 is 21.4 Å². The Labute approximate surface area is 195 Å². The normalized spacial score (nSPS) is 17.1. The van der Waals surface area contributed by atoms with Gasteiger partial charge in [0.1, 0.15) is 11.9 Å². The molecule has 2 aromatic rings. The van der Waals surface area contributed by atoms with Gasteiger partial charge < -0.3 is 15.7 Å². The first-order valence-corrected chi connectivity index (χ1v) is 11.7. The largest absolute Gasteiger partial charge is 0.430 e. The molecular formula is C21H19F7N2O4S. The molecule has 6 nitrogen and oxygen atoms in total. The van der Waals surface area contributed by atoms with Crippen LogP contribution in [-0.4, -0.2) is 44.1 Å². The molecule has 0 aliphatic carbocycles. The smallest absolute Gasteiger partial charge is 0.369 e. The van der Waals surface area contributed by atoms with E-state index < -0.39 is 56.8 Å². The average molecular weight is 528 g/mol. The minimum Gasteiger partial charge on any atom is -0.369 e. The van der Waals surface area contributed by atoms with Gasteiger partial charge in [-0.25, -0.2) is 12.8 Å². The monoisotopic (exact) mass is 528 g/mol. The number of hydrogen-bond donors (Lipinski definition) is 3. The van der Waals surface area contributed by atoms with Crippen molar-refractivity contribution in [3.63, 3.8) is 0 Å². The molecule has 1 amide bonds. The number of alkyl halides is 6. The number of anilines is 1. The number of nitrogens with one attached hydrogen (secondary N) is 2. The molecule has 192 valence electrons. The first kappa shape index (κ1) is 26.9. The Balaban J connectivity index is 1.90. The zero-order chi connectivity index (χ0) is 26.4. The van der Waals surface area contributed by atoms with Gasteiger partial charge in [-0.2, -0.15) is 26.3 Å². The second-order valence-electron chi connectivity index (χ2n) is 7.79. The van der Waals surface area contributed by atoms with E-state index in [9.17, 15) is 49.1 Å². The maximum atomic E-state index is 14.5. The maximum Gasteiger partial charge on any atom is 0.430 e. The topological polar surface area (TPSA) is 95.5 Å². The molecular weight excluding hydrogens is 509 g/mol. The zero-order valence-electron chi connectivity index (χ0n) is 17.9. The lowest BCUT2D eigenvalue weighted by Crippen LogP contribution is -2.54. The summed E-state index contributed by atoms with van der Waals surface area (Å²) < 4.78 is 117. The van der Waals surface area contributed by atoms with E-state index in [1.54, 1.807) is 0 Å². The van der Waals surface area contributed by atoms with Crippen LogP contribution in [0.2, 0.25) is 0 Å². The number of rotatable bonds is 5. The van der Waals surface area contributed by atoms with Crippen molar-refractivity contribution < 1.29 is 49.1 Å². The summed E-state index contributed by atoms with van der Waals surface area (Å²) in [6, 6.07) is 3.56. The summed E-state index contributed by atoms with van der Waals surface area (Å²) in [4.78, 5) is 12.8. The summed E-state index contributed by atoms with van der Waals surface area (Å²) >= 11 is 0. The molecule has 3 rings (SSSR count). The van der Waals surface area contributed by atoms with E-state index in [1.807, 2.05) is 0 Å². The van der Waals surface area contributed by atoms with Crippen molar-refractivity contribution in [2.45, 2.75) is 42.2 Å². The van der Waals surface area contributed by atoms with Gasteiger partial charge in [-0.05, 0) is 41.8 Å². The van der Waals surface area contributed by atoms with Gasteiger partial charge >= 0.3 is 12.4 Å². The van der Waals surface area contributed by atoms with Crippen LogP contribution >= 0.6 is 0 Å². The van der Waals surface area contributed by atoms with Crippen molar-refractivity contribution in [1.29, 1.82) is 0 Å². The van der Waals surface area contributed by atoms with Crippen LogP contribution in [0.5, 0.6) is 0 Å². The Morgan fingerprint density at radius 2 is 1.71 bits per heavy atom. The van der Waals surface area contributed by atoms with Crippen LogP contribution in [0.25, 0.3) is 0 Å². The van der Waals surface area contributed by atoms with Gasteiger partial charge in [0, 0.05) is 12.1 Å². The molecule has 1 aliphatic rings. The zero-order valence-corrected chi connectivity index (χ0v) is 18.7. The summed E-state index contributed by atoms with van der Waals surface area (Å²) in [6.45, 7) is 1.71. The van der Waals surface area contributed by atoms with Gasteiger partial charge in [-0.15, -0.1) is 0 Å². The van der Waals surface area contributed by atoms with E-state index in [0.717, 1.165) is 0 Å². The standard InChI is InChI=1S/C21H19F7N2O4S/c1-2-35(33,34)13-4-5-14-11(9-13)7-8-29-17(14)18(31)30-16-6-3-12(10-15(16)22)19(32,20(23,24)25)21(26,27)28/h3-6,9-10,17,29,32H,2,7-8H2,1H3,(H,30,31). The lowest BCUT2D eigenvalue weighted by Gasteiger charge is -2.32. The Morgan fingerprint density at radius 1 is 1.09 bits per heavy atom. The van der Waals surface area contributed by atoms with Gasteiger partial charge in [-0.1, -0.05) is 19.1 Å². The summed E-state index contributed by atoms with van der Waals surface area (Å²) in [5.41, 5.74) is -6.92. The fraction of sp³-hybridized carbons (Fsp3) is 0.381. The van der Waals surface area contributed by atoms with Crippen LogP contribution in [0.4, 0.5) is 36.4 Å². The maximum absolute atomic E-state index is 14.5. The molecule has 0 fully saturated rings. The van der Waals surface area contributed by atoms with Crippen molar-refractivity contribution in [2.75, 3.05) is 17.6 Å². The predicted molar refractivity (Wildman–Crippen MR) is 110 cm³/mol. The Kier molecular flexibility index (Phi) is 6.96. The summed E-state index contributed by atoms with van der Waals surface area (Å²) in [5, 5.41) is 14.3. The van der Waals surface area contributed by atoms with E-state index in [1.165, 1.54) is 25.1 Å². The summed E-state index contributed by atoms with van der Waals surface area (Å²) in [6.07, 6.45) is -12.0. The highest BCUT2D eigenvalue weighted by molar-refractivity contribution is 7.91. The molecule has 0 saturated carbocycles. The highest BCUT2D eigenvalue weighted by Gasteiger charge is 2.71. The van der Waals surface area contributed by atoms with Crippen LogP contribution in [0, 0.1) is 5.82 Å². The van der Waals surface area contributed by atoms with Crippen LogP contribution in [-0.2, 0) is 26.7 Å². The second kappa shape index (κ2) is 9.06. The third-order valence-electron chi connectivity index (χ3n) is 5.63. The van der Waals surface area contributed by atoms with Crippen LogP contribution < -0.4 is 10.6 Å². The molecule has 0 spiro atoms. The first-order valence-electron chi connectivity index (χ1n) is 10.1. The molecule has 1 unspecified atom stereocenters. The fourth-order valence-corrected chi connectivity index (χ4v) is 4.60. The van der Waals surface area contributed by atoms with Crippen molar-refractivity contribution in [1.82, 2.24) is 5.32 Å². The quantitative estimate of drug-likeness (QED) is 0.514. The number of sulfone groups is 1. The molecule has 3 N–H and O–H groups in total. The van der Waals surface area contributed by atoms with Gasteiger partial charge in [0.2, 0.25) is 5.91 Å². The molecule has 1 heterocycles. The van der Waals surface area contributed by atoms with Crippen molar-refractivity contribution in [3.05, 3.63) is 58.9 Å². The minimum absolute atomic E-state index is 0.0586. The van der Waals surface area contributed by atoms with Gasteiger partial charge in [0.05, 0.1) is 16.3 Å². The van der Waals surface area contributed by atoms with Gasteiger partial charge in [-0.3, -0.25) is 4.79 Å². The summed E-state index contributed by atoms with van der Waals surface area (Å²) in [5.74, 6) is -2.66. The third-order valence-corrected chi connectivity index (χ3v) is 7.37. The Hall–Kier alpha value is -2.71. The van der Waals surface area contributed by atoms with Crippen LogP contribution in [0.1, 0.15) is 29.7 Å². The number of benzene rings is 2. The van der Waals surface area contributed by atoms with Gasteiger partial charge in [0.15, 0.2) is 9.84 Å². The molecule has 0 radical (unpaired) electrons. The van der Waals surface area contributed by atoms with Crippen molar-refractivity contribution in [2.24, 2.45) is 0 Å². The number of aliphatic hydroxyl groups is 1. The van der Waals surface area contributed by atoms with E-state index in [0.29, 0.717) is 23.6 Å². The number of carbonyl (C=O) groups excluding carboxylic acids is 1. The predicted octanol–water partition coefficient (Wildman–Crippen LogP) is 3.76. The van der Waals surface area contributed by atoms with Crippen LogP contribution in [0.15, 0.2) is 41.3 Å². The first-order chi connectivity index (χ1) is 16.0. The molecule has 14 heteroatoms. The molecule has 0 saturated heterocycles. The summed E-state index contributed by atoms with van der Waals surface area (Å²) in [7, 11) is -3.51. The molecule has 2 aromatic carbocycles. The Morgan fingerprint density at radius 3 is 2.26 bits per heavy atom. The van der Waals surface area contributed by atoms with Gasteiger partial charge in [0.25, 0.3) is 5.60 Å². The van der Waals surface area contributed by atoms with E-state index in [-0.39, 0.29) is 29.3 Å². The number of hydrogen-bond acceptors (Lipinski definition) is 5.